The number of aromatic amines is 1. The van der Waals surface area contributed by atoms with Crippen molar-refractivity contribution >= 4 is 11.0 Å². The van der Waals surface area contributed by atoms with Gasteiger partial charge in [-0.2, -0.15) is 15.4 Å². The van der Waals surface area contributed by atoms with Crippen molar-refractivity contribution in [2.24, 2.45) is 0 Å². The molecule has 88 valence electrons. The molecule has 5 heteroatoms. The van der Waals surface area contributed by atoms with Crippen LogP contribution in [0.25, 0.3) is 22.2 Å². The number of phenolic OH excluding ortho intramolecular Hbond substituents is 1. The van der Waals surface area contributed by atoms with Crippen LogP contribution in [0.5, 0.6) is 5.75 Å². The molecular formula is C12H9AgN3O+. The molecule has 0 amide bonds. The maximum atomic E-state index is 10.1. The first-order chi connectivity index (χ1) is 7.86. The molecule has 0 spiro atoms. The fourth-order valence-electron chi connectivity index (χ4n) is 1.75. The Bertz CT molecular complexity index is 637. The van der Waals surface area contributed by atoms with Crippen molar-refractivity contribution in [2.45, 2.75) is 0 Å². The van der Waals surface area contributed by atoms with Crippen LogP contribution in [0.2, 0.25) is 0 Å². The van der Waals surface area contributed by atoms with Crippen molar-refractivity contribution in [1.82, 2.24) is 15.4 Å². The largest absolute Gasteiger partial charge is 1.00 e. The average Bonchev–Trinajstić information content (AvgIpc) is 2.80. The summed E-state index contributed by atoms with van der Waals surface area (Å²) in [5, 5.41) is 20.4. The summed E-state index contributed by atoms with van der Waals surface area (Å²) in [5.74, 6) is 0.164. The maximum absolute atomic E-state index is 10.1. The summed E-state index contributed by atoms with van der Waals surface area (Å²) in [5.41, 5.74) is 2.89. The number of aromatic nitrogens is 3. The monoisotopic (exact) mass is 318 g/mol. The summed E-state index contributed by atoms with van der Waals surface area (Å²) in [4.78, 5) is 0. The summed E-state index contributed by atoms with van der Waals surface area (Å²) in [7, 11) is 0. The topological polar surface area (TPSA) is 61.8 Å². The molecule has 1 aromatic heterocycles. The van der Waals surface area contributed by atoms with Gasteiger partial charge in [0.15, 0.2) is 11.3 Å². The average molecular weight is 319 g/mol. The first-order valence-corrected chi connectivity index (χ1v) is 4.94. The predicted octanol–water partition coefficient (Wildman–Crippen LogP) is 2.33. The second kappa shape index (κ2) is 4.71. The van der Waals surface area contributed by atoms with Gasteiger partial charge in [-0.3, -0.25) is 0 Å². The number of H-pyrrole nitrogens is 1. The second-order valence-corrected chi connectivity index (χ2v) is 3.52. The molecule has 0 aliphatic carbocycles. The Morgan fingerprint density at radius 3 is 2.47 bits per heavy atom. The van der Waals surface area contributed by atoms with Crippen LogP contribution in [0.4, 0.5) is 0 Å². The molecule has 0 bridgehead atoms. The van der Waals surface area contributed by atoms with Gasteiger partial charge in [0.05, 0.1) is 0 Å². The van der Waals surface area contributed by atoms with Crippen LogP contribution in [0.1, 0.15) is 0 Å². The van der Waals surface area contributed by atoms with E-state index < -0.39 is 0 Å². The molecule has 4 nitrogen and oxygen atoms in total. The van der Waals surface area contributed by atoms with E-state index in [2.05, 4.69) is 15.4 Å². The molecule has 2 N–H and O–H groups in total. The van der Waals surface area contributed by atoms with Gasteiger partial charge >= 0.3 is 22.4 Å². The number of nitrogens with zero attached hydrogens (tertiary/aromatic N) is 2. The zero-order valence-electron chi connectivity index (χ0n) is 8.68. The summed E-state index contributed by atoms with van der Waals surface area (Å²) >= 11 is 0. The van der Waals surface area contributed by atoms with E-state index >= 15 is 0 Å². The van der Waals surface area contributed by atoms with Crippen molar-refractivity contribution in [3.63, 3.8) is 0 Å². The maximum Gasteiger partial charge on any atom is 1.00 e. The first kappa shape index (κ1) is 11.9. The molecule has 0 atom stereocenters. The van der Waals surface area contributed by atoms with Crippen molar-refractivity contribution in [1.29, 1.82) is 0 Å². The van der Waals surface area contributed by atoms with Crippen LogP contribution in [0, 0.1) is 0 Å². The fraction of sp³-hybridized carbons (Fsp3) is 0. The van der Waals surface area contributed by atoms with E-state index in [1.165, 1.54) is 0 Å². The Balaban J connectivity index is 0.00000108. The Hall–Kier alpha value is -1.62. The third kappa shape index (κ3) is 1.98. The van der Waals surface area contributed by atoms with Gasteiger partial charge < -0.3 is 5.11 Å². The molecule has 0 unspecified atom stereocenters. The van der Waals surface area contributed by atoms with Crippen LogP contribution in [-0.4, -0.2) is 20.5 Å². The molecular weight excluding hydrogens is 310 g/mol. The molecule has 0 fully saturated rings. The van der Waals surface area contributed by atoms with Crippen LogP contribution in [-0.2, 0) is 22.4 Å². The fourth-order valence-corrected chi connectivity index (χ4v) is 1.75. The van der Waals surface area contributed by atoms with E-state index in [1.54, 1.807) is 0 Å². The second-order valence-electron chi connectivity index (χ2n) is 3.52. The quantitative estimate of drug-likeness (QED) is 0.677. The summed E-state index contributed by atoms with van der Waals surface area (Å²) in [6.07, 6.45) is 0. The smallest absolute Gasteiger partial charge is 0.505 e. The minimum Gasteiger partial charge on any atom is -0.505 e. The zero-order chi connectivity index (χ0) is 11.0. The Labute approximate surface area is 113 Å². The Kier molecular flexibility index (Phi) is 3.28. The number of hydrogen-bond donors (Lipinski definition) is 2. The zero-order valence-corrected chi connectivity index (χ0v) is 10.2. The van der Waals surface area contributed by atoms with Crippen molar-refractivity contribution in [2.75, 3.05) is 0 Å². The molecule has 0 aliphatic heterocycles. The molecule has 0 aliphatic rings. The molecule has 1 heterocycles. The van der Waals surface area contributed by atoms with Crippen molar-refractivity contribution in [3.8, 4) is 16.9 Å². The van der Waals surface area contributed by atoms with Crippen LogP contribution < -0.4 is 0 Å². The van der Waals surface area contributed by atoms with Gasteiger partial charge in [0.1, 0.15) is 5.52 Å². The first-order valence-electron chi connectivity index (χ1n) is 4.94. The number of hydrogen-bond acceptors (Lipinski definition) is 3. The molecule has 0 saturated carbocycles. The van der Waals surface area contributed by atoms with Gasteiger partial charge in [0.25, 0.3) is 0 Å². The van der Waals surface area contributed by atoms with Gasteiger partial charge in [-0.1, -0.05) is 30.3 Å². The van der Waals surface area contributed by atoms with Crippen molar-refractivity contribution < 1.29 is 27.5 Å². The summed E-state index contributed by atoms with van der Waals surface area (Å²) in [6.45, 7) is 0. The minimum atomic E-state index is 0. The normalized spacial score (nSPS) is 10.1. The standard InChI is InChI=1S/C12H9N3O.Ag/c16-12-9(8-4-2-1-3-5-8)6-7-10-11(12)14-15-13-10;/h1-7,16H,(H,13,14,15);/q;+1. The molecule has 2 aromatic carbocycles. The number of fused-ring (bicyclic) bond motifs is 1. The Morgan fingerprint density at radius 1 is 0.941 bits per heavy atom. The van der Waals surface area contributed by atoms with E-state index in [-0.39, 0.29) is 28.1 Å². The number of nitrogens with one attached hydrogen (secondary N) is 1. The van der Waals surface area contributed by atoms with Crippen molar-refractivity contribution in [3.05, 3.63) is 42.5 Å². The van der Waals surface area contributed by atoms with E-state index in [0.29, 0.717) is 11.0 Å². The number of aromatic hydroxyl groups is 1. The van der Waals surface area contributed by atoms with E-state index in [4.69, 9.17) is 0 Å². The van der Waals surface area contributed by atoms with E-state index in [1.807, 2.05) is 42.5 Å². The molecule has 17 heavy (non-hydrogen) atoms. The molecule has 0 radical (unpaired) electrons. The van der Waals surface area contributed by atoms with Crippen LogP contribution >= 0.6 is 0 Å². The van der Waals surface area contributed by atoms with E-state index in [0.717, 1.165) is 11.1 Å². The SMILES string of the molecule is Oc1c(-c2ccccc2)ccc2n[nH]nc12.[Ag+]. The molecule has 0 saturated heterocycles. The summed E-state index contributed by atoms with van der Waals surface area (Å²) in [6, 6.07) is 13.4. The van der Waals surface area contributed by atoms with Gasteiger partial charge in [-0.15, -0.1) is 0 Å². The summed E-state index contributed by atoms with van der Waals surface area (Å²) < 4.78 is 0. The third-order valence-electron chi connectivity index (χ3n) is 2.55. The third-order valence-corrected chi connectivity index (χ3v) is 2.55. The van der Waals surface area contributed by atoms with Gasteiger partial charge in [-0.25, -0.2) is 0 Å². The van der Waals surface area contributed by atoms with Crippen LogP contribution in [0.15, 0.2) is 42.5 Å². The number of phenols is 1. The number of benzene rings is 2. The Morgan fingerprint density at radius 2 is 1.71 bits per heavy atom. The van der Waals surface area contributed by atoms with Gasteiger partial charge in [-0.05, 0) is 17.7 Å². The predicted molar refractivity (Wildman–Crippen MR) is 61.0 cm³/mol. The van der Waals surface area contributed by atoms with Gasteiger partial charge in [0, 0.05) is 5.56 Å². The molecule has 3 aromatic rings. The van der Waals surface area contributed by atoms with E-state index in [9.17, 15) is 5.11 Å². The van der Waals surface area contributed by atoms with Gasteiger partial charge in [0.2, 0.25) is 0 Å². The van der Waals surface area contributed by atoms with Crippen LogP contribution in [0.3, 0.4) is 0 Å². The minimum absolute atomic E-state index is 0. The molecule has 3 rings (SSSR count). The number of rotatable bonds is 1.